The van der Waals surface area contributed by atoms with E-state index in [1.807, 2.05) is 0 Å². The Kier molecular flexibility index (Phi) is 4.45. The van der Waals surface area contributed by atoms with Crippen LogP contribution < -0.4 is 16.8 Å². The van der Waals surface area contributed by atoms with Gasteiger partial charge in [0.2, 0.25) is 12.3 Å². The molecule has 0 aliphatic heterocycles. The van der Waals surface area contributed by atoms with E-state index in [9.17, 15) is 14.4 Å². The van der Waals surface area contributed by atoms with Gasteiger partial charge in [-0.05, 0) is 0 Å². The average Bonchev–Trinajstić information content (AvgIpc) is 2.03. The Labute approximate surface area is 74.1 Å². The fraction of sp³-hybridized carbons (Fsp3) is 0.500. The van der Waals surface area contributed by atoms with Crippen molar-refractivity contribution in [1.82, 2.24) is 5.32 Å². The number of hydrogen-bond donors (Lipinski definition) is 4. The Bertz CT molecular complexity index is 218. The molecule has 0 aromatic heterocycles. The van der Waals surface area contributed by atoms with Crippen molar-refractivity contribution in [3.8, 4) is 0 Å². The highest BCUT2D eigenvalue weighted by Crippen LogP contribution is 1.95. The van der Waals surface area contributed by atoms with Crippen molar-refractivity contribution in [2.45, 2.75) is 18.5 Å². The van der Waals surface area contributed by atoms with E-state index < -0.39 is 24.0 Å². The quantitative estimate of drug-likeness (QED) is 0.339. The van der Waals surface area contributed by atoms with Crippen molar-refractivity contribution in [3.63, 3.8) is 0 Å². The number of rotatable bonds is 6. The highest BCUT2D eigenvalue weighted by molar-refractivity contribution is 5.83. The monoisotopic (exact) mass is 189 g/mol. The lowest BCUT2D eigenvalue weighted by Crippen LogP contribution is -2.46. The first-order valence-corrected chi connectivity index (χ1v) is 3.46. The summed E-state index contributed by atoms with van der Waals surface area (Å²) in [5.41, 5.74) is 9.98. The number of nitrogens with two attached hydrogens (primary N) is 2. The number of carbonyl (C=O) groups is 3. The molecule has 0 fully saturated rings. The van der Waals surface area contributed by atoms with Crippen LogP contribution in [0.25, 0.3) is 0 Å². The third kappa shape index (κ3) is 4.06. The largest absolute Gasteiger partial charge is 0.480 e. The molecule has 13 heavy (non-hydrogen) atoms. The van der Waals surface area contributed by atoms with Crippen molar-refractivity contribution in [2.75, 3.05) is 0 Å². The van der Waals surface area contributed by atoms with E-state index in [-0.39, 0.29) is 12.8 Å². The van der Waals surface area contributed by atoms with Gasteiger partial charge < -0.3 is 21.9 Å². The highest BCUT2D eigenvalue weighted by atomic mass is 16.4. The van der Waals surface area contributed by atoms with Crippen LogP contribution in [0.3, 0.4) is 0 Å². The summed E-state index contributed by atoms with van der Waals surface area (Å²) in [6.07, 6.45) is 0.0490. The molecule has 0 saturated carbocycles. The van der Waals surface area contributed by atoms with Gasteiger partial charge in [-0.25, -0.2) is 0 Å². The van der Waals surface area contributed by atoms with Crippen LogP contribution in [0.4, 0.5) is 0 Å². The summed E-state index contributed by atoms with van der Waals surface area (Å²) in [7, 11) is 0. The summed E-state index contributed by atoms with van der Waals surface area (Å²) >= 11 is 0. The molecule has 0 heterocycles. The average molecular weight is 189 g/mol. The van der Waals surface area contributed by atoms with Crippen LogP contribution in [0, 0.1) is 0 Å². The van der Waals surface area contributed by atoms with Gasteiger partial charge in [-0.15, -0.1) is 0 Å². The van der Waals surface area contributed by atoms with Crippen LogP contribution >= 0.6 is 0 Å². The minimum absolute atomic E-state index is 0.219. The molecule has 0 aromatic carbocycles. The Morgan fingerprint density at radius 1 is 1.54 bits per heavy atom. The van der Waals surface area contributed by atoms with E-state index in [0.717, 1.165) is 0 Å². The summed E-state index contributed by atoms with van der Waals surface area (Å²) in [4.78, 5) is 30.8. The molecule has 0 aliphatic carbocycles. The number of amides is 2. The van der Waals surface area contributed by atoms with Crippen molar-refractivity contribution in [2.24, 2.45) is 11.5 Å². The SMILES string of the molecule is NC(=O)C(C[C@H](N)C(=O)O)NC=O. The van der Waals surface area contributed by atoms with Gasteiger partial charge >= 0.3 is 5.97 Å². The number of carboxylic acid groups (broad SMARTS) is 1. The van der Waals surface area contributed by atoms with Gasteiger partial charge in [-0.2, -0.15) is 0 Å². The van der Waals surface area contributed by atoms with E-state index in [4.69, 9.17) is 16.6 Å². The van der Waals surface area contributed by atoms with E-state index in [1.54, 1.807) is 0 Å². The number of aliphatic carboxylic acids is 1. The molecular formula is C6H11N3O4. The molecular weight excluding hydrogens is 178 g/mol. The predicted octanol–water partition coefficient (Wildman–Crippen LogP) is -2.61. The molecule has 0 bridgehead atoms. The summed E-state index contributed by atoms with van der Waals surface area (Å²) in [6, 6.07) is -2.26. The van der Waals surface area contributed by atoms with Gasteiger partial charge in [0.1, 0.15) is 12.1 Å². The first kappa shape index (κ1) is 11.4. The van der Waals surface area contributed by atoms with Crippen LogP contribution in [-0.4, -0.2) is 35.5 Å². The number of nitrogens with one attached hydrogen (secondary N) is 1. The second kappa shape index (κ2) is 5.09. The van der Waals surface area contributed by atoms with E-state index in [1.165, 1.54) is 0 Å². The van der Waals surface area contributed by atoms with E-state index >= 15 is 0 Å². The summed E-state index contributed by atoms with van der Waals surface area (Å²) in [6.45, 7) is 0. The zero-order valence-corrected chi connectivity index (χ0v) is 6.77. The van der Waals surface area contributed by atoms with Gasteiger partial charge in [0.15, 0.2) is 0 Å². The molecule has 7 heteroatoms. The predicted molar refractivity (Wildman–Crippen MR) is 42.4 cm³/mol. The second-order valence-electron chi connectivity index (χ2n) is 2.42. The van der Waals surface area contributed by atoms with Crippen molar-refractivity contribution < 1.29 is 19.5 Å². The highest BCUT2D eigenvalue weighted by Gasteiger charge is 2.21. The first-order chi connectivity index (χ1) is 5.99. The fourth-order valence-corrected chi connectivity index (χ4v) is 0.703. The lowest BCUT2D eigenvalue weighted by Gasteiger charge is -2.14. The van der Waals surface area contributed by atoms with Gasteiger partial charge in [0.05, 0.1) is 0 Å². The van der Waals surface area contributed by atoms with Crippen LogP contribution in [0.5, 0.6) is 0 Å². The molecule has 0 spiro atoms. The molecule has 2 amide bonds. The van der Waals surface area contributed by atoms with Crippen molar-refractivity contribution in [3.05, 3.63) is 0 Å². The molecule has 1 unspecified atom stereocenters. The minimum Gasteiger partial charge on any atom is -0.480 e. The Balaban J connectivity index is 4.16. The van der Waals surface area contributed by atoms with Gasteiger partial charge in [0.25, 0.3) is 0 Å². The molecule has 0 saturated heterocycles. The molecule has 0 rings (SSSR count). The second-order valence-corrected chi connectivity index (χ2v) is 2.42. The van der Waals surface area contributed by atoms with Crippen LogP contribution in [-0.2, 0) is 14.4 Å². The maximum absolute atomic E-state index is 10.6. The Morgan fingerprint density at radius 2 is 2.08 bits per heavy atom. The number of hydrogen-bond acceptors (Lipinski definition) is 4. The first-order valence-electron chi connectivity index (χ1n) is 3.46. The molecule has 7 nitrogen and oxygen atoms in total. The van der Waals surface area contributed by atoms with E-state index in [0.29, 0.717) is 0 Å². The smallest absolute Gasteiger partial charge is 0.320 e. The topological polar surface area (TPSA) is 136 Å². The van der Waals surface area contributed by atoms with Crippen molar-refractivity contribution >= 4 is 18.3 Å². The fourth-order valence-electron chi connectivity index (χ4n) is 0.703. The number of primary amides is 1. The minimum atomic E-state index is -1.25. The van der Waals surface area contributed by atoms with Crippen LogP contribution in [0.1, 0.15) is 6.42 Å². The number of carbonyl (C=O) groups excluding carboxylic acids is 2. The lowest BCUT2D eigenvalue weighted by atomic mass is 10.1. The molecule has 0 aromatic rings. The maximum Gasteiger partial charge on any atom is 0.320 e. The molecule has 0 radical (unpaired) electrons. The molecule has 0 aliphatic rings. The van der Waals surface area contributed by atoms with Gasteiger partial charge in [-0.3, -0.25) is 14.4 Å². The lowest BCUT2D eigenvalue weighted by molar-refractivity contribution is -0.139. The zero-order valence-electron chi connectivity index (χ0n) is 6.77. The van der Waals surface area contributed by atoms with Crippen LogP contribution in [0.15, 0.2) is 0 Å². The third-order valence-corrected chi connectivity index (χ3v) is 1.42. The summed E-state index contributed by atoms with van der Waals surface area (Å²) in [5.74, 6) is -2.07. The Hall–Kier alpha value is -1.63. The third-order valence-electron chi connectivity index (χ3n) is 1.42. The van der Waals surface area contributed by atoms with Crippen molar-refractivity contribution in [1.29, 1.82) is 0 Å². The maximum atomic E-state index is 10.6. The van der Waals surface area contributed by atoms with Gasteiger partial charge in [-0.1, -0.05) is 0 Å². The summed E-state index contributed by atoms with van der Waals surface area (Å²) in [5, 5.41) is 10.5. The summed E-state index contributed by atoms with van der Waals surface area (Å²) < 4.78 is 0. The van der Waals surface area contributed by atoms with Gasteiger partial charge in [0, 0.05) is 6.42 Å². The molecule has 6 N–H and O–H groups in total. The van der Waals surface area contributed by atoms with E-state index in [2.05, 4.69) is 5.32 Å². The molecule has 2 atom stereocenters. The number of carboxylic acids is 1. The molecule has 74 valence electrons. The zero-order chi connectivity index (χ0) is 10.4. The Morgan fingerprint density at radius 3 is 2.38 bits per heavy atom. The normalized spacial score (nSPS) is 14.2. The van der Waals surface area contributed by atoms with Crippen LogP contribution in [0.2, 0.25) is 0 Å². The standard InChI is InChI=1S/C6H11N3O4/c7-3(6(12)13)1-4(5(8)11)9-2-10/h2-4H,1,7H2,(H2,8,11)(H,9,10)(H,12,13)/t3-,4?/m0/s1.